The smallest absolute Gasteiger partial charge is 0.336 e. The summed E-state index contributed by atoms with van der Waals surface area (Å²) in [7, 11) is 1.62. The van der Waals surface area contributed by atoms with Crippen LogP contribution in [0.2, 0.25) is 0 Å². The highest BCUT2D eigenvalue weighted by molar-refractivity contribution is 5.95. The van der Waals surface area contributed by atoms with Crippen LogP contribution in [0, 0.1) is 0 Å². The van der Waals surface area contributed by atoms with Gasteiger partial charge in [0.15, 0.2) is 0 Å². The molecule has 0 saturated heterocycles. The summed E-state index contributed by atoms with van der Waals surface area (Å²) in [5.41, 5.74) is 4.24. The second kappa shape index (κ2) is 10.1. The molecule has 0 unspecified atom stereocenters. The summed E-state index contributed by atoms with van der Waals surface area (Å²) in [6, 6.07) is 17.7. The van der Waals surface area contributed by atoms with Gasteiger partial charge in [-0.15, -0.1) is 0 Å². The molecule has 0 atom stereocenters. The number of carboxylic acid groups (broad SMARTS) is 1. The summed E-state index contributed by atoms with van der Waals surface area (Å²) >= 11 is 0. The number of hydrazone groups is 1. The first-order valence-corrected chi connectivity index (χ1v) is 9.44. The number of ether oxygens (including phenoxy) is 1. The number of aryl methyl sites for hydroxylation is 1. The Labute approximate surface area is 174 Å². The van der Waals surface area contributed by atoms with Crippen LogP contribution in [0.4, 0.5) is 0 Å². The maximum Gasteiger partial charge on any atom is 0.336 e. The molecule has 7 nitrogen and oxygen atoms in total. The Morgan fingerprint density at radius 1 is 1.10 bits per heavy atom. The molecule has 154 valence electrons. The lowest BCUT2D eigenvalue weighted by Crippen LogP contribution is -2.17. The number of rotatable bonds is 9. The number of carbonyl (C=O) groups excluding carboxylic acids is 1. The number of carbonyl (C=O) groups is 2. The molecule has 3 aromatic rings. The van der Waals surface area contributed by atoms with Gasteiger partial charge in [-0.25, -0.2) is 10.2 Å². The summed E-state index contributed by atoms with van der Waals surface area (Å²) in [5, 5.41) is 13.2. The van der Waals surface area contributed by atoms with E-state index in [0.717, 1.165) is 17.7 Å². The van der Waals surface area contributed by atoms with E-state index in [1.165, 1.54) is 12.3 Å². The summed E-state index contributed by atoms with van der Waals surface area (Å²) in [6.07, 6.45) is 3.21. The summed E-state index contributed by atoms with van der Waals surface area (Å²) in [4.78, 5) is 23.3. The fourth-order valence-electron chi connectivity index (χ4n) is 2.92. The van der Waals surface area contributed by atoms with Gasteiger partial charge >= 0.3 is 5.97 Å². The van der Waals surface area contributed by atoms with Gasteiger partial charge in [0.05, 0.1) is 18.9 Å². The molecule has 2 N–H and O–H groups in total. The second-order valence-corrected chi connectivity index (χ2v) is 6.55. The predicted molar refractivity (Wildman–Crippen MR) is 113 cm³/mol. The molecular formula is C23H22N2O5. The Hall–Kier alpha value is -3.87. The van der Waals surface area contributed by atoms with Gasteiger partial charge in [-0.1, -0.05) is 30.3 Å². The van der Waals surface area contributed by atoms with Gasteiger partial charge in [0, 0.05) is 12.0 Å². The van der Waals surface area contributed by atoms with E-state index in [9.17, 15) is 14.7 Å². The maximum atomic E-state index is 11.9. The molecule has 0 aliphatic rings. The highest BCUT2D eigenvalue weighted by Gasteiger charge is 2.13. The Balaban J connectivity index is 1.48. The Morgan fingerprint density at radius 2 is 1.87 bits per heavy atom. The number of nitrogens with zero attached hydrogens (tertiary/aromatic N) is 1. The molecule has 1 aromatic heterocycles. The van der Waals surface area contributed by atoms with Gasteiger partial charge < -0.3 is 14.3 Å². The van der Waals surface area contributed by atoms with Gasteiger partial charge in [0.25, 0.3) is 0 Å². The standard InChI is InChI=1S/C23H22N2O5/c1-29-17-11-9-16(10-12-17)5-4-8-22(26)25-24-15-18-13-14-21(30-18)19-6-2-3-7-20(19)23(27)28/h2-3,6-7,9-15H,4-5,8H2,1H3,(H,25,26)(H,27,28)/b24-15-. The lowest BCUT2D eigenvalue weighted by molar-refractivity contribution is -0.121. The van der Waals surface area contributed by atoms with E-state index in [1.807, 2.05) is 24.3 Å². The first-order valence-electron chi connectivity index (χ1n) is 9.44. The fourth-order valence-corrected chi connectivity index (χ4v) is 2.92. The molecule has 0 spiro atoms. The number of methoxy groups -OCH3 is 1. The van der Waals surface area contributed by atoms with E-state index in [4.69, 9.17) is 9.15 Å². The van der Waals surface area contributed by atoms with Crippen LogP contribution in [0.25, 0.3) is 11.3 Å². The molecule has 0 aliphatic heterocycles. The third-order valence-corrected chi connectivity index (χ3v) is 4.46. The average molecular weight is 406 g/mol. The first-order chi connectivity index (χ1) is 14.6. The molecule has 1 amide bonds. The first kappa shape index (κ1) is 20.9. The molecule has 0 fully saturated rings. The number of hydrogen-bond acceptors (Lipinski definition) is 5. The van der Waals surface area contributed by atoms with Gasteiger partial charge in [0.1, 0.15) is 17.3 Å². The third kappa shape index (κ3) is 5.57. The summed E-state index contributed by atoms with van der Waals surface area (Å²) < 4.78 is 10.7. The van der Waals surface area contributed by atoms with Crippen LogP contribution >= 0.6 is 0 Å². The third-order valence-electron chi connectivity index (χ3n) is 4.46. The highest BCUT2D eigenvalue weighted by Crippen LogP contribution is 2.25. The number of benzene rings is 2. The Bertz CT molecular complexity index is 1040. The number of aromatic carboxylic acids is 1. The monoisotopic (exact) mass is 406 g/mol. The number of amides is 1. The van der Waals surface area contributed by atoms with E-state index in [0.29, 0.717) is 29.9 Å². The van der Waals surface area contributed by atoms with Crippen LogP contribution in [0.15, 0.2) is 70.2 Å². The molecule has 0 radical (unpaired) electrons. The van der Waals surface area contributed by atoms with Gasteiger partial charge in [-0.05, 0) is 48.7 Å². The zero-order valence-corrected chi connectivity index (χ0v) is 16.5. The van der Waals surface area contributed by atoms with E-state index < -0.39 is 5.97 Å². The van der Waals surface area contributed by atoms with Crippen LogP contribution in [0.1, 0.15) is 34.5 Å². The average Bonchev–Trinajstić information content (AvgIpc) is 3.23. The zero-order chi connectivity index (χ0) is 21.3. The van der Waals surface area contributed by atoms with Crippen molar-refractivity contribution in [3.63, 3.8) is 0 Å². The zero-order valence-electron chi connectivity index (χ0n) is 16.5. The topological polar surface area (TPSA) is 101 Å². The van der Waals surface area contributed by atoms with Crippen LogP contribution in [-0.4, -0.2) is 30.3 Å². The lowest BCUT2D eigenvalue weighted by Gasteiger charge is -2.03. The SMILES string of the molecule is COc1ccc(CCCC(=O)N/N=C\c2ccc(-c3ccccc3C(=O)O)o2)cc1. The van der Waals surface area contributed by atoms with Gasteiger partial charge in [0.2, 0.25) is 5.91 Å². The minimum atomic E-state index is -1.03. The van der Waals surface area contributed by atoms with Crippen molar-refractivity contribution >= 4 is 18.1 Å². The van der Waals surface area contributed by atoms with E-state index in [2.05, 4.69) is 10.5 Å². The maximum absolute atomic E-state index is 11.9. The molecule has 7 heteroatoms. The predicted octanol–water partition coefficient (Wildman–Crippen LogP) is 4.13. The van der Waals surface area contributed by atoms with Crippen molar-refractivity contribution in [2.45, 2.75) is 19.3 Å². The minimum absolute atomic E-state index is 0.153. The number of nitrogens with one attached hydrogen (secondary N) is 1. The lowest BCUT2D eigenvalue weighted by atomic mass is 10.1. The normalized spacial score (nSPS) is 10.8. The van der Waals surface area contributed by atoms with Crippen molar-refractivity contribution in [3.05, 3.63) is 77.6 Å². The molecule has 2 aromatic carbocycles. The largest absolute Gasteiger partial charge is 0.497 e. The molecule has 30 heavy (non-hydrogen) atoms. The van der Waals surface area contributed by atoms with Crippen molar-refractivity contribution in [1.29, 1.82) is 0 Å². The van der Waals surface area contributed by atoms with Crippen molar-refractivity contribution in [2.75, 3.05) is 7.11 Å². The highest BCUT2D eigenvalue weighted by atomic mass is 16.5. The van der Waals surface area contributed by atoms with E-state index in [-0.39, 0.29) is 11.5 Å². The fraction of sp³-hybridized carbons (Fsp3) is 0.174. The van der Waals surface area contributed by atoms with Gasteiger partial charge in [-0.2, -0.15) is 5.10 Å². The number of hydrogen-bond donors (Lipinski definition) is 2. The Morgan fingerprint density at radius 3 is 2.60 bits per heavy atom. The van der Waals surface area contributed by atoms with Crippen molar-refractivity contribution in [2.24, 2.45) is 5.10 Å². The molecule has 0 aliphatic carbocycles. The minimum Gasteiger partial charge on any atom is -0.497 e. The molecular weight excluding hydrogens is 384 g/mol. The van der Waals surface area contributed by atoms with E-state index >= 15 is 0 Å². The van der Waals surface area contributed by atoms with Gasteiger partial charge in [-0.3, -0.25) is 4.79 Å². The molecule has 1 heterocycles. The van der Waals surface area contributed by atoms with Crippen molar-refractivity contribution in [1.82, 2.24) is 5.43 Å². The van der Waals surface area contributed by atoms with Crippen molar-refractivity contribution in [3.8, 4) is 17.1 Å². The number of carboxylic acids is 1. The van der Waals surface area contributed by atoms with Crippen molar-refractivity contribution < 1.29 is 23.8 Å². The quantitative estimate of drug-likeness (QED) is 0.411. The number of furan rings is 1. The Kier molecular flexibility index (Phi) is 7.00. The van der Waals surface area contributed by atoms with E-state index in [1.54, 1.807) is 37.4 Å². The molecule has 0 bridgehead atoms. The summed E-state index contributed by atoms with van der Waals surface area (Å²) in [5.74, 6) is 0.407. The van der Waals surface area contributed by atoms with Crippen LogP contribution in [0.5, 0.6) is 5.75 Å². The van der Waals surface area contributed by atoms with Crippen LogP contribution in [-0.2, 0) is 11.2 Å². The summed E-state index contributed by atoms with van der Waals surface area (Å²) in [6.45, 7) is 0. The molecule has 3 rings (SSSR count). The molecule has 0 saturated carbocycles. The van der Waals surface area contributed by atoms with Crippen LogP contribution in [0.3, 0.4) is 0 Å². The second-order valence-electron chi connectivity index (χ2n) is 6.55. The van der Waals surface area contributed by atoms with Crippen LogP contribution < -0.4 is 10.2 Å².